The van der Waals surface area contributed by atoms with Crippen molar-refractivity contribution in [2.24, 2.45) is 11.8 Å². The van der Waals surface area contributed by atoms with Gasteiger partial charge in [0.1, 0.15) is 19.3 Å². The minimum Gasteiger partial charge on any atom is -0.462 e. The molecule has 0 aromatic rings. The average Bonchev–Trinajstić information content (AvgIpc) is 2.13. The third-order valence-corrected chi connectivity index (χ3v) is 19.1. The van der Waals surface area contributed by atoms with E-state index in [9.17, 15) is 43.2 Å². The smallest absolute Gasteiger partial charge is 0.462 e. The van der Waals surface area contributed by atoms with E-state index in [0.29, 0.717) is 25.7 Å². The van der Waals surface area contributed by atoms with Crippen molar-refractivity contribution in [1.29, 1.82) is 0 Å². The third-order valence-electron chi connectivity index (χ3n) is 17.2. The van der Waals surface area contributed by atoms with Crippen molar-refractivity contribution in [3.63, 3.8) is 0 Å². The molecule has 19 heteroatoms. The second-order valence-electron chi connectivity index (χ2n) is 27.6. The zero-order valence-electron chi connectivity index (χ0n) is 60.6. The van der Waals surface area contributed by atoms with Crippen molar-refractivity contribution < 1.29 is 80.2 Å². The van der Waals surface area contributed by atoms with Crippen LogP contribution in [0.1, 0.15) is 382 Å². The first-order valence-corrected chi connectivity index (χ1v) is 41.5. The van der Waals surface area contributed by atoms with Gasteiger partial charge in [-0.15, -0.1) is 0 Å². The Hall–Kier alpha value is -1.94. The monoisotopic (exact) mass is 1370 g/mol. The van der Waals surface area contributed by atoms with Crippen LogP contribution in [0.5, 0.6) is 0 Å². The lowest BCUT2D eigenvalue weighted by atomic mass is 10.0. The Morgan fingerprint density at radius 2 is 0.495 bits per heavy atom. The summed E-state index contributed by atoms with van der Waals surface area (Å²) in [5, 5.41) is 10.6. The molecule has 2 unspecified atom stereocenters. The van der Waals surface area contributed by atoms with E-state index in [1.165, 1.54) is 193 Å². The Kier molecular flexibility index (Phi) is 64.6. The molecule has 0 rings (SSSR count). The predicted molar refractivity (Wildman–Crippen MR) is 377 cm³/mol. The predicted octanol–water partition coefficient (Wildman–Crippen LogP) is 21.6. The van der Waals surface area contributed by atoms with E-state index < -0.39 is 97.5 Å². The fourth-order valence-corrected chi connectivity index (χ4v) is 12.9. The lowest BCUT2D eigenvalue weighted by Gasteiger charge is -2.21. The second kappa shape index (κ2) is 66.0. The summed E-state index contributed by atoms with van der Waals surface area (Å²) in [7, 11) is -9.90. The van der Waals surface area contributed by atoms with Crippen molar-refractivity contribution >= 4 is 39.5 Å². The molecule has 0 radical (unpaired) electrons. The first kappa shape index (κ1) is 91.1. The summed E-state index contributed by atoms with van der Waals surface area (Å²) >= 11 is 0. The van der Waals surface area contributed by atoms with Gasteiger partial charge in [0.2, 0.25) is 0 Å². The van der Waals surface area contributed by atoms with E-state index in [1.54, 1.807) is 0 Å². The largest absolute Gasteiger partial charge is 0.472 e. The quantitative estimate of drug-likeness (QED) is 0.0222. The van der Waals surface area contributed by atoms with E-state index in [2.05, 4.69) is 41.5 Å². The minimum absolute atomic E-state index is 0.107. The van der Waals surface area contributed by atoms with Gasteiger partial charge in [-0.05, 0) is 37.5 Å². The maximum atomic E-state index is 13.1. The van der Waals surface area contributed by atoms with Crippen LogP contribution < -0.4 is 0 Å². The van der Waals surface area contributed by atoms with Crippen molar-refractivity contribution in [3.05, 3.63) is 0 Å². The Morgan fingerprint density at radius 1 is 0.290 bits per heavy atom. The zero-order chi connectivity index (χ0) is 68.6. The van der Waals surface area contributed by atoms with Gasteiger partial charge >= 0.3 is 39.5 Å². The van der Waals surface area contributed by atoms with Gasteiger partial charge in [0, 0.05) is 25.7 Å². The molecule has 0 aromatic carbocycles. The van der Waals surface area contributed by atoms with Crippen molar-refractivity contribution in [2.45, 2.75) is 400 Å². The van der Waals surface area contributed by atoms with E-state index in [1.807, 2.05) is 0 Å². The molecule has 0 spiro atoms. The molecule has 5 atom stereocenters. The second-order valence-corrected chi connectivity index (χ2v) is 30.5. The molecule has 0 bridgehead atoms. The molecule has 0 saturated carbocycles. The molecule has 0 heterocycles. The summed E-state index contributed by atoms with van der Waals surface area (Å²) in [6.07, 6.45) is 52.8. The molecular weight excluding hydrogens is 1220 g/mol. The summed E-state index contributed by atoms with van der Waals surface area (Å²) < 4.78 is 68.3. The standard InChI is InChI=1S/C74H144O17P2/c1-7-9-11-13-15-17-18-28-33-40-46-52-58-73(78)90-69(62-84-71(76)56-50-44-38-16-14-12-10-8-2)64-88-92(80,81)86-60-68(75)61-87-93(82,83)89-65-70(63-85-72(77)57-51-45-39-35-30-32-37-43-49-55-67(5)6)91-74(79)59-53-47-41-34-29-26-24-22-20-19-21-23-25-27-31-36-42-48-54-66(3)4/h66-70,75H,7-65H2,1-6H3,(H,80,81)(H,82,83)/t68-,69+,70+/m0/s1. The third kappa shape index (κ3) is 68.4. The lowest BCUT2D eigenvalue weighted by molar-refractivity contribution is -0.161. The summed E-state index contributed by atoms with van der Waals surface area (Å²) in [6, 6.07) is 0. The topological polar surface area (TPSA) is 237 Å². The first-order valence-electron chi connectivity index (χ1n) is 38.5. The molecule has 552 valence electrons. The van der Waals surface area contributed by atoms with Crippen LogP contribution in [0.2, 0.25) is 0 Å². The van der Waals surface area contributed by atoms with E-state index in [0.717, 1.165) is 108 Å². The van der Waals surface area contributed by atoms with Gasteiger partial charge in [-0.1, -0.05) is 330 Å². The van der Waals surface area contributed by atoms with Gasteiger partial charge in [-0.2, -0.15) is 0 Å². The summed E-state index contributed by atoms with van der Waals surface area (Å²) in [4.78, 5) is 72.6. The number of aliphatic hydroxyl groups is 1. The average molecular weight is 1370 g/mol. The highest BCUT2D eigenvalue weighted by Gasteiger charge is 2.30. The van der Waals surface area contributed by atoms with Gasteiger partial charge in [-0.3, -0.25) is 37.3 Å². The van der Waals surface area contributed by atoms with E-state index in [4.69, 9.17) is 37.0 Å². The fourth-order valence-electron chi connectivity index (χ4n) is 11.3. The number of phosphoric acid groups is 2. The SMILES string of the molecule is CCCCCCCCCCCCCCC(=O)O[C@H](COC(=O)CCCCCCCCCC)COP(=O)(O)OC[C@H](O)COP(=O)(O)OC[C@@H](COC(=O)CCCCCCCCCCCC(C)C)OC(=O)CCCCCCCCCCCCCCCCCCCCC(C)C. The number of rotatable bonds is 73. The van der Waals surface area contributed by atoms with Crippen molar-refractivity contribution in [2.75, 3.05) is 39.6 Å². The molecule has 0 amide bonds. The summed E-state index contributed by atoms with van der Waals surface area (Å²) in [5.41, 5.74) is 0. The van der Waals surface area contributed by atoms with Crippen molar-refractivity contribution in [3.8, 4) is 0 Å². The normalized spacial score (nSPS) is 14.1. The van der Waals surface area contributed by atoms with Crippen LogP contribution in [0.3, 0.4) is 0 Å². The molecule has 0 aliphatic heterocycles. The fraction of sp³-hybridized carbons (Fsp3) is 0.946. The molecule has 3 N–H and O–H groups in total. The number of ether oxygens (including phenoxy) is 4. The molecule has 17 nitrogen and oxygen atoms in total. The Bertz CT molecular complexity index is 1800. The molecular formula is C74H144O17P2. The molecule has 0 fully saturated rings. The van der Waals surface area contributed by atoms with Gasteiger partial charge in [0.25, 0.3) is 0 Å². The molecule has 0 aromatic heterocycles. The zero-order valence-corrected chi connectivity index (χ0v) is 62.3. The Morgan fingerprint density at radius 3 is 0.731 bits per heavy atom. The van der Waals surface area contributed by atoms with Crippen LogP contribution >= 0.6 is 15.6 Å². The van der Waals surface area contributed by atoms with Crippen LogP contribution in [-0.4, -0.2) is 96.7 Å². The van der Waals surface area contributed by atoms with Crippen LogP contribution in [0.25, 0.3) is 0 Å². The first-order chi connectivity index (χ1) is 44.9. The van der Waals surface area contributed by atoms with Gasteiger partial charge in [0.15, 0.2) is 12.2 Å². The Labute approximate surface area is 568 Å². The van der Waals surface area contributed by atoms with Crippen LogP contribution in [-0.2, 0) is 65.4 Å². The maximum Gasteiger partial charge on any atom is 0.472 e. The molecule has 0 aliphatic carbocycles. The van der Waals surface area contributed by atoms with Gasteiger partial charge < -0.3 is 33.8 Å². The number of carbonyl (C=O) groups excluding carboxylic acids is 4. The number of carbonyl (C=O) groups is 4. The van der Waals surface area contributed by atoms with Crippen molar-refractivity contribution in [1.82, 2.24) is 0 Å². The molecule has 93 heavy (non-hydrogen) atoms. The van der Waals surface area contributed by atoms with E-state index in [-0.39, 0.29) is 25.7 Å². The Balaban J connectivity index is 5.16. The minimum atomic E-state index is -4.95. The number of phosphoric ester groups is 2. The molecule has 0 aliphatic rings. The highest BCUT2D eigenvalue weighted by molar-refractivity contribution is 7.47. The van der Waals surface area contributed by atoms with Crippen LogP contribution in [0.15, 0.2) is 0 Å². The summed E-state index contributed by atoms with van der Waals surface area (Å²) in [5.74, 6) is -0.557. The van der Waals surface area contributed by atoms with Gasteiger partial charge in [0.05, 0.1) is 26.4 Å². The van der Waals surface area contributed by atoms with Crippen LogP contribution in [0.4, 0.5) is 0 Å². The number of esters is 4. The highest BCUT2D eigenvalue weighted by atomic mass is 31.2. The van der Waals surface area contributed by atoms with Gasteiger partial charge in [-0.25, -0.2) is 9.13 Å². The number of aliphatic hydroxyl groups excluding tert-OH is 1. The highest BCUT2D eigenvalue weighted by Crippen LogP contribution is 2.45. The number of unbranched alkanes of at least 4 members (excludes halogenated alkanes) is 43. The van der Waals surface area contributed by atoms with Crippen LogP contribution in [0, 0.1) is 11.8 Å². The number of hydrogen-bond donors (Lipinski definition) is 3. The van der Waals surface area contributed by atoms with E-state index >= 15 is 0 Å². The summed E-state index contributed by atoms with van der Waals surface area (Å²) in [6.45, 7) is 9.57. The molecule has 0 saturated heterocycles. The maximum absolute atomic E-state index is 13.1. The number of hydrogen-bond acceptors (Lipinski definition) is 15. The lowest BCUT2D eigenvalue weighted by Crippen LogP contribution is -2.30.